The predicted octanol–water partition coefficient (Wildman–Crippen LogP) is 3.68. The molecule has 0 bridgehead atoms. The van der Waals surface area contributed by atoms with Gasteiger partial charge in [0.2, 0.25) is 5.91 Å². The van der Waals surface area contributed by atoms with Crippen LogP contribution in [0.2, 0.25) is 0 Å². The number of carbonyl (C=O) groups is 2. The number of nitrogens with zero attached hydrogens (tertiary/aromatic N) is 1. The lowest BCUT2D eigenvalue weighted by atomic mass is 10.1. The molecule has 0 aromatic carbocycles. The van der Waals surface area contributed by atoms with Crippen molar-refractivity contribution in [3.63, 3.8) is 0 Å². The molecule has 0 aromatic rings. The zero-order chi connectivity index (χ0) is 21.1. The van der Waals surface area contributed by atoms with Gasteiger partial charge in [-0.1, -0.05) is 33.1 Å². The molecule has 2 aliphatic heterocycles. The second kappa shape index (κ2) is 12.0. The highest BCUT2D eigenvalue weighted by molar-refractivity contribution is 5.83. The number of likely N-dealkylation sites (tertiary alicyclic amines) is 1. The highest BCUT2D eigenvalue weighted by atomic mass is 16.6. The van der Waals surface area contributed by atoms with Crippen molar-refractivity contribution in [3.8, 4) is 0 Å². The van der Waals surface area contributed by atoms with E-state index in [-0.39, 0.29) is 21.3 Å². The number of epoxide rings is 1. The Balaban J connectivity index is -0.000000660. The second-order valence-electron chi connectivity index (χ2n) is 7.70. The summed E-state index contributed by atoms with van der Waals surface area (Å²) in [4.78, 5) is 25.4. The number of alkyl carbamates (subject to hydrolysis) is 1. The monoisotopic (exact) mass is 389 g/mol. The van der Waals surface area contributed by atoms with E-state index in [1.165, 1.54) is 19.3 Å². The average Bonchev–Trinajstić information content (AvgIpc) is 3.14. The number of nitrogens with two attached hydrogens (primary N) is 1. The summed E-state index contributed by atoms with van der Waals surface area (Å²) in [5, 5.41) is 2.47. The Bertz CT molecular complexity index is 467. The zero-order valence-corrected chi connectivity index (χ0v) is 17.8. The molecule has 2 amide bonds. The summed E-state index contributed by atoms with van der Waals surface area (Å²) in [5.41, 5.74) is 4.73. The van der Waals surface area contributed by atoms with E-state index >= 15 is 0 Å². The minimum atomic E-state index is -0.682. The van der Waals surface area contributed by atoms with Crippen LogP contribution in [0.15, 0.2) is 13.2 Å². The Morgan fingerprint density at radius 3 is 2.30 bits per heavy atom. The normalized spacial score (nSPS) is 23.3. The highest BCUT2D eigenvalue weighted by Gasteiger charge is 2.53. The molecule has 27 heavy (non-hydrogen) atoms. The molecule has 2 heterocycles. The van der Waals surface area contributed by atoms with E-state index in [0.29, 0.717) is 13.2 Å². The van der Waals surface area contributed by atoms with Crippen LogP contribution >= 0.6 is 0 Å². The molecular weight excluding hydrogens is 346 g/mol. The van der Waals surface area contributed by atoms with E-state index in [1.807, 2.05) is 0 Å². The number of amides is 2. The third-order valence-corrected chi connectivity index (χ3v) is 4.10. The maximum absolute atomic E-state index is 12.1. The van der Waals surface area contributed by atoms with Gasteiger partial charge in [-0.2, -0.15) is 0 Å². The molecule has 0 saturated carbocycles. The van der Waals surface area contributed by atoms with E-state index in [2.05, 4.69) is 32.3 Å². The third-order valence-electron chi connectivity index (χ3n) is 4.10. The maximum Gasteiger partial charge on any atom is 0.408 e. The quantitative estimate of drug-likeness (QED) is 0.552. The molecule has 0 radical (unpaired) electrons. The second-order valence-corrected chi connectivity index (χ2v) is 7.70. The average molecular weight is 390 g/mol. The van der Waals surface area contributed by atoms with Gasteiger partial charge in [-0.25, -0.2) is 4.79 Å². The molecule has 7 heteroatoms. The Hall–Kier alpha value is -1.60. The van der Waals surface area contributed by atoms with Gasteiger partial charge in [0.05, 0.1) is 12.6 Å². The topological polar surface area (TPSA) is 97.2 Å². The van der Waals surface area contributed by atoms with Crippen LogP contribution in [0.5, 0.6) is 0 Å². The molecular formula is C20H43N3O4. The summed E-state index contributed by atoms with van der Waals surface area (Å²) in [5.74, 6) is -0.154. The van der Waals surface area contributed by atoms with E-state index < -0.39 is 17.4 Å². The van der Waals surface area contributed by atoms with Crippen molar-refractivity contribution in [2.75, 3.05) is 19.7 Å². The van der Waals surface area contributed by atoms with Gasteiger partial charge >= 0.3 is 6.09 Å². The van der Waals surface area contributed by atoms with Gasteiger partial charge in [-0.05, 0) is 33.6 Å². The van der Waals surface area contributed by atoms with Gasteiger partial charge in [0.15, 0.2) is 5.72 Å². The van der Waals surface area contributed by atoms with Crippen LogP contribution in [-0.2, 0) is 14.3 Å². The molecule has 3 N–H and O–H groups in total. The summed E-state index contributed by atoms with van der Waals surface area (Å²) in [6, 6.07) is -0.0876. The van der Waals surface area contributed by atoms with Gasteiger partial charge in [0.1, 0.15) is 12.1 Å². The molecule has 7 nitrogen and oxygen atoms in total. The van der Waals surface area contributed by atoms with Gasteiger partial charge in [0, 0.05) is 9.40 Å². The standard InChI is InChI=1S/C13H23N3O4.C5H12.C2H4.2H2/c1-12(2,3)20-11(18)15-7-10(17)16-6-4-5-9(16)13(14)8-19-13;1-3-5-4-2;1-2;;/h9H,4-8,14H2,1-3H3,(H,15,18);3-5H2,1-2H3;1-2H2;2*1H/t9-,13?;;;;/m0..../s1. The molecule has 2 atom stereocenters. The lowest BCUT2D eigenvalue weighted by molar-refractivity contribution is -0.132. The molecule has 0 aliphatic carbocycles. The van der Waals surface area contributed by atoms with Gasteiger partial charge < -0.3 is 19.7 Å². The number of hydrogen-bond donors (Lipinski definition) is 2. The van der Waals surface area contributed by atoms with Crippen molar-refractivity contribution in [1.29, 1.82) is 0 Å². The predicted molar refractivity (Wildman–Crippen MR) is 113 cm³/mol. The Morgan fingerprint density at radius 1 is 1.33 bits per heavy atom. The SMILES string of the molecule is C=C.CC(C)(C)OC(=O)NCC(=O)N1CCC[C@H]1C1(N)CO1.CCCCC.[HH].[HH]. The van der Waals surface area contributed by atoms with Crippen LogP contribution in [0.4, 0.5) is 4.79 Å². The molecule has 2 saturated heterocycles. The van der Waals surface area contributed by atoms with Crippen LogP contribution in [0.25, 0.3) is 0 Å². The molecule has 1 unspecified atom stereocenters. The van der Waals surface area contributed by atoms with Crippen molar-refractivity contribution in [1.82, 2.24) is 10.2 Å². The summed E-state index contributed by atoms with van der Waals surface area (Å²) in [7, 11) is 0. The summed E-state index contributed by atoms with van der Waals surface area (Å²) < 4.78 is 10.3. The fraction of sp³-hybridized carbons (Fsp3) is 0.800. The first-order chi connectivity index (χ1) is 12.6. The molecule has 2 fully saturated rings. The Morgan fingerprint density at radius 2 is 1.89 bits per heavy atom. The summed E-state index contributed by atoms with van der Waals surface area (Å²) in [6.45, 7) is 16.8. The summed E-state index contributed by atoms with van der Waals surface area (Å²) >= 11 is 0. The molecule has 162 valence electrons. The van der Waals surface area contributed by atoms with Gasteiger partial charge in [-0.3, -0.25) is 10.5 Å². The van der Waals surface area contributed by atoms with Crippen molar-refractivity contribution < 1.29 is 21.9 Å². The highest BCUT2D eigenvalue weighted by Crippen LogP contribution is 2.34. The third kappa shape index (κ3) is 9.77. The van der Waals surface area contributed by atoms with Crippen LogP contribution in [0.1, 0.15) is 69.6 Å². The van der Waals surface area contributed by atoms with Crippen LogP contribution < -0.4 is 11.1 Å². The fourth-order valence-electron chi connectivity index (χ4n) is 2.77. The number of hydrogen-bond acceptors (Lipinski definition) is 5. The van der Waals surface area contributed by atoms with Crippen LogP contribution in [0.3, 0.4) is 0 Å². The van der Waals surface area contributed by atoms with E-state index in [4.69, 9.17) is 15.2 Å². The lowest BCUT2D eigenvalue weighted by Gasteiger charge is -2.27. The smallest absolute Gasteiger partial charge is 0.408 e. The first-order valence-corrected chi connectivity index (χ1v) is 9.82. The molecule has 0 spiro atoms. The number of ether oxygens (including phenoxy) is 2. The zero-order valence-electron chi connectivity index (χ0n) is 17.8. The van der Waals surface area contributed by atoms with Crippen molar-refractivity contribution >= 4 is 12.0 Å². The van der Waals surface area contributed by atoms with Gasteiger partial charge in [0.25, 0.3) is 0 Å². The molecule has 0 aromatic heterocycles. The number of rotatable bonds is 5. The number of nitrogens with one attached hydrogen (secondary N) is 1. The minimum Gasteiger partial charge on any atom is -0.444 e. The van der Waals surface area contributed by atoms with Gasteiger partial charge in [-0.15, -0.1) is 13.2 Å². The first kappa shape index (κ1) is 25.4. The number of unbranched alkanes of at least 4 members (excludes halogenated alkanes) is 2. The molecule has 2 rings (SSSR count). The Labute approximate surface area is 167 Å². The maximum atomic E-state index is 12.1. The fourth-order valence-corrected chi connectivity index (χ4v) is 2.77. The molecule has 2 aliphatic rings. The van der Waals surface area contributed by atoms with E-state index in [9.17, 15) is 9.59 Å². The largest absolute Gasteiger partial charge is 0.444 e. The minimum absolute atomic E-state index is 0. The van der Waals surface area contributed by atoms with Crippen molar-refractivity contribution in [2.24, 2.45) is 5.73 Å². The summed E-state index contributed by atoms with van der Waals surface area (Å²) in [6.07, 6.45) is 5.24. The van der Waals surface area contributed by atoms with Crippen molar-refractivity contribution in [3.05, 3.63) is 13.2 Å². The van der Waals surface area contributed by atoms with E-state index in [0.717, 1.165) is 12.8 Å². The Kier molecular flexibility index (Phi) is 11.3. The first-order valence-electron chi connectivity index (χ1n) is 9.82. The van der Waals surface area contributed by atoms with Crippen molar-refractivity contribution in [2.45, 2.75) is 84.1 Å². The lowest BCUT2D eigenvalue weighted by Crippen LogP contribution is -2.52. The van der Waals surface area contributed by atoms with Crippen LogP contribution in [-0.4, -0.2) is 54.0 Å². The van der Waals surface area contributed by atoms with E-state index in [1.54, 1.807) is 25.7 Å². The number of carbonyl (C=O) groups excluding carboxylic acids is 2. The van der Waals surface area contributed by atoms with Crippen LogP contribution in [0, 0.1) is 0 Å².